The minimum absolute atomic E-state index is 0.0429. The molecule has 0 atom stereocenters. The summed E-state index contributed by atoms with van der Waals surface area (Å²) in [7, 11) is 0. The van der Waals surface area contributed by atoms with Gasteiger partial charge in [-0.15, -0.1) is 29.3 Å². The van der Waals surface area contributed by atoms with Crippen LogP contribution < -0.4 is 4.74 Å². The van der Waals surface area contributed by atoms with E-state index in [2.05, 4.69) is 37.6 Å². The first-order valence-corrected chi connectivity index (χ1v) is 14.0. The average molecular weight is 556 g/mol. The number of rotatable bonds is 16. The van der Waals surface area contributed by atoms with Gasteiger partial charge in [0.15, 0.2) is 0 Å². The van der Waals surface area contributed by atoms with Crippen LogP contribution in [0, 0.1) is 13.8 Å². The van der Waals surface area contributed by atoms with Crippen molar-refractivity contribution in [2.24, 2.45) is 4.99 Å². The summed E-state index contributed by atoms with van der Waals surface area (Å²) < 4.78 is 16.3. The Morgan fingerprint density at radius 1 is 1.03 bits per heavy atom. The van der Waals surface area contributed by atoms with Gasteiger partial charge in [0.2, 0.25) is 0 Å². The molecule has 0 bridgehead atoms. The smallest absolute Gasteiger partial charge is 0.308 e. The van der Waals surface area contributed by atoms with E-state index in [0.29, 0.717) is 44.1 Å². The van der Waals surface area contributed by atoms with E-state index < -0.39 is 5.97 Å². The van der Waals surface area contributed by atoms with Crippen LogP contribution in [0.4, 0.5) is 5.69 Å². The van der Waals surface area contributed by atoms with Gasteiger partial charge in [-0.2, -0.15) is 0 Å². The minimum atomic E-state index is -0.845. The van der Waals surface area contributed by atoms with Crippen molar-refractivity contribution >= 4 is 46.5 Å². The molecule has 1 aromatic carbocycles. The van der Waals surface area contributed by atoms with Crippen molar-refractivity contribution in [1.29, 1.82) is 0 Å². The van der Waals surface area contributed by atoms with Gasteiger partial charge in [-0.1, -0.05) is 12.1 Å². The third-order valence-electron chi connectivity index (χ3n) is 5.51. The molecule has 7 nitrogen and oxygen atoms in total. The highest BCUT2D eigenvalue weighted by Gasteiger charge is 2.09. The van der Waals surface area contributed by atoms with Crippen LogP contribution in [0.2, 0.25) is 0 Å². The number of esters is 1. The lowest BCUT2D eigenvalue weighted by Gasteiger charge is -2.11. The van der Waals surface area contributed by atoms with Crippen molar-refractivity contribution in [2.45, 2.75) is 39.5 Å². The molecule has 0 fully saturated rings. The standard InChI is InChI=1S/C29H33NO6S2/c1-4-13-34-16-12-29(33)36-15-5-14-35-25-9-6-22(7-11-28(31)32)18-24(25)30-19-23-8-10-26(38-23)27-17-20(2)21(3)37-27/h4,6,8-10,17-19H,1,5,7,11-16H2,2-3H3,(H,31,32)/b30-19+. The number of benzene rings is 1. The van der Waals surface area contributed by atoms with E-state index >= 15 is 0 Å². The number of hydrogen-bond acceptors (Lipinski definition) is 8. The van der Waals surface area contributed by atoms with Gasteiger partial charge in [-0.05, 0) is 61.7 Å². The number of hydrogen-bond donors (Lipinski definition) is 1. The summed E-state index contributed by atoms with van der Waals surface area (Å²) in [5.41, 5.74) is 2.79. The number of aliphatic imine (C=N–C) groups is 1. The molecule has 0 radical (unpaired) electrons. The second-order valence-electron chi connectivity index (χ2n) is 8.54. The average Bonchev–Trinajstić information content (AvgIpc) is 3.50. The highest BCUT2D eigenvalue weighted by molar-refractivity contribution is 7.23. The minimum Gasteiger partial charge on any atom is -0.491 e. The van der Waals surface area contributed by atoms with Gasteiger partial charge in [0.25, 0.3) is 0 Å². The van der Waals surface area contributed by atoms with Crippen molar-refractivity contribution in [2.75, 3.05) is 26.4 Å². The Balaban J connectivity index is 1.61. The highest BCUT2D eigenvalue weighted by atomic mass is 32.1. The molecule has 2 aromatic heterocycles. The molecule has 0 saturated carbocycles. The third kappa shape index (κ3) is 9.55. The molecular formula is C29H33NO6S2. The predicted molar refractivity (Wildman–Crippen MR) is 153 cm³/mol. The van der Waals surface area contributed by atoms with Gasteiger partial charge in [0.1, 0.15) is 11.4 Å². The normalized spacial score (nSPS) is 11.1. The Hall–Kier alpha value is -3.27. The molecule has 202 valence electrons. The van der Waals surface area contributed by atoms with Gasteiger partial charge in [-0.3, -0.25) is 14.6 Å². The predicted octanol–water partition coefficient (Wildman–Crippen LogP) is 6.77. The summed E-state index contributed by atoms with van der Waals surface area (Å²) in [5, 5.41) is 9.04. The molecule has 3 rings (SSSR count). The van der Waals surface area contributed by atoms with Gasteiger partial charge in [0, 0.05) is 38.6 Å². The quantitative estimate of drug-likeness (QED) is 0.0908. The Morgan fingerprint density at radius 3 is 2.61 bits per heavy atom. The van der Waals surface area contributed by atoms with Crippen LogP contribution in [0.15, 0.2) is 54.0 Å². The zero-order chi connectivity index (χ0) is 27.3. The van der Waals surface area contributed by atoms with Gasteiger partial charge < -0.3 is 19.3 Å². The van der Waals surface area contributed by atoms with E-state index in [1.54, 1.807) is 35.0 Å². The lowest BCUT2D eigenvalue weighted by atomic mass is 10.1. The van der Waals surface area contributed by atoms with Crippen LogP contribution in [0.3, 0.4) is 0 Å². The van der Waals surface area contributed by atoms with Crippen molar-refractivity contribution in [3.05, 3.63) is 69.9 Å². The van der Waals surface area contributed by atoms with E-state index in [1.165, 1.54) is 20.2 Å². The molecule has 3 aromatic rings. The zero-order valence-corrected chi connectivity index (χ0v) is 23.4. The van der Waals surface area contributed by atoms with Crippen LogP contribution in [-0.4, -0.2) is 49.7 Å². The number of nitrogens with zero attached hydrogens (tertiary/aromatic N) is 1. The van der Waals surface area contributed by atoms with E-state index in [0.717, 1.165) is 10.4 Å². The Kier molecular flexibility index (Phi) is 11.7. The molecule has 2 heterocycles. The molecule has 38 heavy (non-hydrogen) atoms. The highest BCUT2D eigenvalue weighted by Crippen LogP contribution is 2.35. The maximum Gasteiger partial charge on any atom is 0.308 e. The molecule has 1 N–H and O–H groups in total. The summed E-state index contributed by atoms with van der Waals surface area (Å²) in [6.45, 7) is 9.10. The van der Waals surface area contributed by atoms with E-state index in [9.17, 15) is 9.59 Å². The Labute approximate surface area is 231 Å². The van der Waals surface area contributed by atoms with Crippen molar-refractivity contribution in [3.8, 4) is 15.5 Å². The number of aliphatic carboxylic acids is 1. The van der Waals surface area contributed by atoms with Crippen LogP contribution >= 0.6 is 22.7 Å². The van der Waals surface area contributed by atoms with Crippen LogP contribution in [-0.2, 0) is 25.5 Å². The zero-order valence-electron chi connectivity index (χ0n) is 21.7. The molecular weight excluding hydrogens is 522 g/mol. The first-order chi connectivity index (χ1) is 18.4. The van der Waals surface area contributed by atoms with Crippen LogP contribution in [0.25, 0.3) is 9.75 Å². The topological polar surface area (TPSA) is 94.4 Å². The SMILES string of the molecule is C=CCOCCC(=O)OCCCOc1ccc(CCC(=O)O)cc1/N=C/c1ccc(-c2cc(C)c(C)s2)s1. The molecule has 0 aliphatic carbocycles. The van der Waals surface area contributed by atoms with Gasteiger partial charge in [0.05, 0.1) is 32.8 Å². The number of carbonyl (C=O) groups excluding carboxylic acids is 1. The summed E-state index contributed by atoms with van der Waals surface area (Å²) in [6.07, 6.45) is 4.61. The summed E-state index contributed by atoms with van der Waals surface area (Å²) >= 11 is 3.45. The second kappa shape index (κ2) is 15.2. The number of carboxylic acids is 1. The fourth-order valence-corrected chi connectivity index (χ4v) is 5.39. The Morgan fingerprint density at radius 2 is 1.87 bits per heavy atom. The summed E-state index contributed by atoms with van der Waals surface area (Å²) in [5.74, 6) is -0.571. The molecule has 0 saturated heterocycles. The number of carboxylic acid groups (broad SMARTS) is 1. The number of carbonyl (C=O) groups is 2. The fraction of sp³-hybridized carbons (Fsp3) is 0.345. The summed E-state index contributed by atoms with van der Waals surface area (Å²) in [4.78, 5) is 32.2. The first kappa shape index (κ1) is 29.3. The number of aryl methyl sites for hydroxylation is 3. The summed E-state index contributed by atoms with van der Waals surface area (Å²) in [6, 6.07) is 11.9. The third-order valence-corrected chi connectivity index (χ3v) is 7.88. The largest absolute Gasteiger partial charge is 0.491 e. The molecule has 9 heteroatoms. The van der Waals surface area contributed by atoms with E-state index in [1.807, 2.05) is 24.3 Å². The number of ether oxygens (including phenoxy) is 3. The monoisotopic (exact) mass is 555 g/mol. The molecule has 0 spiro atoms. The molecule has 0 aliphatic heterocycles. The van der Waals surface area contributed by atoms with Gasteiger partial charge >= 0.3 is 11.9 Å². The van der Waals surface area contributed by atoms with Gasteiger partial charge in [-0.25, -0.2) is 0 Å². The van der Waals surface area contributed by atoms with E-state index in [-0.39, 0.29) is 25.4 Å². The first-order valence-electron chi connectivity index (χ1n) is 12.4. The lowest BCUT2D eigenvalue weighted by molar-refractivity contribution is -0.145. The number of thiophene rings is 2. The van der Waals surface area contributed by atoms with Crippen molar-refractivity contribution in [1.82, 2.24) is 0 Å². The second-order valence-corrected chi connectivity index (χ2v) is 10.9. The molecule has 0 aliphatic rings. The Bertz CT molecular complexity index is 1240. The molecule has 0 amide bonds. The van der Waals surface area contributed by atoms with Crippen LogP contribution in [0.5, 0.6) is 5.75 Å². The van der Waals surface area contributed by atoms with Crippen molar-refractivity contribution in [3.63, 3.8) is 0 Å². The maximum absolute atomic E-state index is 11.7. The van der Waals surface area contributed by atoms with E-state index in [4.69, 9.17) is 19.3 Å². The van der Waals surface area contributed by atoms with Crippen molar-refractivity contribution < 1.29 is 28.9 Å². The van der Waals surface area contributed by atoms with Crippen LogP contribution in [0.1, 0.15) is 40.1 Å². The maximum atomic E-state index is 11.7. The molecule has 0 unspecified atom stereocenters. The fourth-order valence-electron chi connectivity index (χ4n) is 3.40. The lowest BCUT2D eigenvalue weighted by Crippen LogP contribution is -2.11.